The highest BCUT2D eigenvalue weighted by Crippen LogP contribution is 2.47. The minimum absolute atomic E-state index is 0.0224. The molecule has 1 aliphatic heterocycles. The number of nitrogens with two attached hydrogens (primary N) is 1. The minimum Gasteiger partial charge on any atom is -0.468 e. The first kappa shape index (κ1) is 18.8. The zero-order valence-corrected chi connectivity index (χ0v) is 17.1. The maximum absolute atomic E-state index is 12.9. The highest BCUT2D eigenvalue weighted by Gasteiger charge is 2.42. The van der Waals surface area contributed by atoms with Gasteiger partial charge in [-0.3, -0.25) is 9.69 Å². The molecule has 28 heavy (non-hydrogen) atoms. The van der Waals surface area contributed by atoms with Gasteiger partial charge in [0.05, 0.1) is 23.8 Å². The predicted molar refractivity (Wildman–Crippen MR) is 108 cm³/mol. The third kappa shape index (κ3) is 3.12. The Bertz CT molecular complexity index is 1010. The van der Waals surface area contributed by atoms with Crippen molar-refractivity contribution in [2.24, 2.45) is 5.73 Å². The van der Waals surface area contributed by atoms with Crippen molar-refractivity contribution in [3.63, 3.8) is 0 Å². The number of aromatic nitrogens is 2. The number of carbonyl (C=O) groups is 1. The van der Waals surface area contributed by atoms with E-state index >= 15 is 0 Å². The second kappa shape index (κ2) is 7.45. The molecule has 3 heterocycles. The number of allylic oxidation sites excluding steroid dienone is 3. The molecule has 2 aromatic rings. The summed E-state index contributed by atoms with van der Waals surface area (Å²) >= 11 is 3.03. The van der Waals surface area contributed by atoms with Crippen LogP contribution in [0.25, 0.3) is 0 Å². The minimum atomic E-state index is -0.573. The van der Waals surface area contributed by atoms with Gasteiger partial charge in [-0.1, -0.05) is 36.9 Å². The van der Waals surface area contributed by atoms with Crippen LogP contribution in [-0.4, -0.2) is 21.2 Å². The third-order valence-corrected chi connectivity index (χ3v) is 6.66. The molecule has 1 unspecified atom stereocenters. The predicted octanol–water partition coefficient (Wildman–Crippen LogP) is 3.94. The Morgan fingerprint density at radius 3 is 2.93 bits per heavy atom. The number of rotatable bonds is 4. The number of hydrogen-bond acceptors (Lipinski definition) is 9. The van der Waals surface area contributed by atoms with E-state index in [0.29, 0.717) is 40.1 Å². The number of nitrogens with zero attached hydrogens (tertiary/aromatic N) is 4. The van der Waals surface area contributed by atoms with Crippen LogP contribution in [0, 0.1) is 11.3 Å². The Balaban J connectivity index is 1.87. The van der Waals surface area contributed by atoms with Crippen molar-refractivity contribution < 1.29 is 9.21 Å². The van der Waals surface area contributed by atoms with Gasteiger partial charge in [0.1, 0.15) is 11.6 Å². The van der Waals surface area contributed by atoms with Crippen molar-refractivity contribution >= 4 is 34.0 Å². The zero-order valence-electron chi connectivity index (χ0n) is 15.5. The van der Waals surface area contributed by atoms with E-state index in [4.69, 9.17) is 10.2 Å². The molecule has 0 fully saturated rings. The molecule has 1 aliphatic carbocycles. The second-order valence-corrected chi connectivity index (χ2v) is 9.63. The van der Waals surface area contributed by atoms with E-state index in [1.807, 2.05) is 0 Å². The summed E-state index contributed by atoms with van der Waals surface area (Å²) in [5, 5.41) is 19.4. The Morgan fingerprint density at radius 1 is 1.43 bits per heavy atom. The molecule has 4 rings (SSSR count). The monoisotopic (exact) mass is 413 g/mol. The summed E-state index contributed by atoms with van der Waals surface area (Å²) in [6, 6.07) is 5.73. The van der Waals surface area contributed by atoms with Gasteiger partial charge in [0, 0.05) is 22.9 Å². The smallest absolute Gasteiger partial charge is 0.219 e. The largest absolute Gasteiger partial charge is 0.468 e. The van der Waals surface area contributed by atoms with Crippen molar-refractivity contribution in [3.05, 3.63) is 46.8 Å². The average molecular weight is 414 g/mol. The number of thioether (sulfide) groups is 1. The molecular weight excluding hydrogens is 394 g/mol. The first-order chi connectivity index (χ1) is 13.5. The standard InChI is InChI=1S/C19H19N5O2S2/c1-10(2)27-19-23-22-18(28-19)24-12-5-3-6-13(25)16(12)15(11(9-20)17(24)21)14-7-4-8-26-14/h4,7-8,10,15H,3,5-6,21H2,1-2H3. The van der Waals surface area contributed by atoms with Crippen LogP contribution in [0.5, 0.6) is 0 Å². The average Bonchev–Trinajstić information content (AvgIpc) is 3.32. The molecule has 9 heteroatoms. The highest BCUT2D eigenvalue weighted by molar-refractivity contribution is 8.01. The van der Waals surface area contributed by atoms with Crippen LogP contribution in [0.15, 0.2) is 49.8 Å². The van der Waals surface area contributed by atoms with Gasteiger partial charge in [-0.25, -0.2) is 0 Å². The van der Waals surface area contributed by atoms with Gasteiger partial charge < -0.3 is 10.2 Å². The summed E-state index contributed by atoms with van der Waals surface area (Å²) in [5.41, 5.74) is 8.14. The van der Waals surface area contributed by atoms with Crippen LogP contribution < -0.4 is 10.6 Å². The summed E-state index contributed by atoms with van der Waals surface area (Å²) in [4.78, 5) is 14.6. The molecule has 0 saturated heterocycles. The lowest BCUT2D eigenvalue weighted by Crippen LogP contribution is -2.38. The summed E-state index contributed by atoms with van der Waals surface area (Å²) in [5.74, 6) is 0.287. The lowest BCUT2D eigenvalue weighted by atomic mass is 9.78. The maximum Gasteiger partial charge on any atom is 0.219 e. The van der Waals surface area contributed by atoms with E-state index in [1.54, 1.807) is 35.1 Å². The summed E-state index contributed by atoms with van der Waals surface area (Å²) in [6.45, 7) is 4.17. The van der Waals surface area contributed by atoms with E-state index in [9.17, 15) is 10.1 Å². The molecular formula is C19H19N5O2S2. The molecule has 144 valence electrons. The SMILES string of the molecule is CC(C)Sc1nnc(N2C(N)=C(C#N)C(c3ccco3)C3=C2CCCC3=O)s1. The zero-order chi connectivity index (χ0) is 19.8. The van der Waals surface area contributed by atoms with E-state index in [-0.39, 0.29) is 11.6 Å². The fourth-order valence-corrected chi connectivity index (χ4v) is 5.69. The number of carbonyl (C=O) groups excluding carboxylic acids is 1. The summed E-state index contributed by atoms with van der Waals surface area (Å²) in [7, 11) is 0. The lowest BCUT2D eigenvalue weighted by molar-refractivity contribution is -0.116. The van der Waals surface area contributed by atoms with Crippen LogP contribution >= 0.6 is 23.1 Å². The second-order valence-electron chi connectivity index (χ2n) is 6.85. The van der Waals surface area contributed by atoms with Crippen LogP contribution in [0.4, 0.5) is 5.13 Å². The first-order valence-electron chi connectivity index (χ1n) is 9.01. The fraction of sp³-hybridized carbons (Fsp3) is 0.368. The van der Waals surface area contributed by atoms with Gasteiger partial charge in [-0.05, 0) is 25.0 Å². The number of furan rings is 1. The van der Waals surface area contributed by atoms with Gasteiger partial charge in [0.15, 0.2) is 10.1 Å². The van der Waals surface area contributed by atoms with Gasteiger partial charge in [-0.2, -0.15) is 5.26 Å². The Kier molecular flexibility index (Phi) is 5.00. The Hall–Kier alpha value is -2.57. The number of ketones is 1. The van der Waals surface area contributed by atoms with Gasteiger partial charge in [0.2, 0.25) is 5.13 Å². The number of anilines is 1. The fourth-order valence-electron chi connectivity index (χ4n) is 3.59. The van der Waals surface area contributed by atoms with Gasteiger partial charge >= 0.3 is 0 Å². The Labute approximate surface area is 170 Å². The summed E-state index contributed by atoms with van der Waals surface area (Å²) in [6.07, 6.45) is 3.41. The number of nitriles is 1. The van der Waals surface area contributed by atoms with Crippen LogP contribution in [0.2, 0.25) is 0 Å². The molecule has 2 N–H and O–H groups in total. The maximum atomic E-state index is 12.9. The third-order valence-electron chi connectivity index (χ3n) is 4.66. The first-order valence-corrected chi connectivity index (χ1v) is 10.7. The molecule has 2 aromatic heterocycles. The molecule has 0 bridgehead atoms. The van der Waals surface area contributed by atoms with Gasteiger partial charge in [0.25, 0.3) is 0 Å². The molecule has 2 aliphatic rings. The molecule has 0 saturated carbocycles. The normalized spacial score (nSPS) is 20.0. The van der Waals surface area contributed by atoms with E-state index < -0.39 is 5.92 Å². The highest BCUT2D eigenvalue weighted by atomic mass is 32.2. The van der Waals surface area contributed by atoms with E-state index in [0.717, 1.165) is 16.5 Å². The van der Waals surface area contributed by atoms with Crippen LogP contribution in [0.3, 0.4) is 0 Å². The van der Waals surface area contributed by atoms with E-state index in [2.05, 4.69) is 30.1 Å². The van der Waals surface area contributed by atoms with Crippen LogP contribution in [0.1, 0.15) is 44.8 Å². The molecule has 7 nitrogen and oxygen atoms in total. The number of hydrogen-bond donors (Lipinski definition) is 1. The quantitative estimate of drug-likeness (QED) is 0.751. The van der Waals surface area contributed by atoms with Crippen molar-refractivity contribution in [1.29, 1.82) is 5.26 Å². The summed E-state index contributed by atoms with van der Waals surface area (Å²) < 4.78 is 6.39. The van der Waals surface area contributed by atoms with Crippen molar-refractivity contribution in [3.8, 4) is 6.07 Å². The van der Waals surface area contributed by atoms with Crippen molar-refractivity contribution in [2.75, 3.05) is 4.90 Å². The van der Waals surface area contributed by atoms with Gasteiger partial charge in [-0.15, -0.1) is 10.2 Å². The number of Topliss-reactive ketones (excluding diaryl/α,β-unsaturated/α-hetero) is 1. The molecule has 0 aromatic carbocycles. The molecule has 0 spiro atoms. The van der Waals surface area contributed by atoms with Crippen molar-refractivity contribution in [1.82, 2.24) is 10.2 Å². The molecule has 0 amide bonds. The lowest BCUT2D eigenvalue weighted by Gasteiger charge is -2.37. The van der Waals surface area contributed by atoms with Crippen LogP contribution in [-0.2, 0) is 4.79 Å². The topological polar surface area (TPSA) is 109 Å². The van der Waals surface area contributed by atoms with Crippen molar-refractivity contribution in [2.45, 2.75) is 48.6 Å². The molecule has 1 atom stereocenters. The molecule has 0 radical (unpaired) electrons. The Morgan fingerprint density at radius 2 is 2.25 bits per heavy atom. The van der Waals surface area contributed by atoms with E-state index in [1.165, 1.54) is 11.3 Å².